The van der Waals surface area contributed by atoms with Gasteiger partial charge in [-0.25, -0.2) is 0 Å². The molecular weight excluding hydrogens is 252 g/mol. The lowest BCUT2D eigenvalue weighted by Crippen LogP contribution is -2.38. The van der Waals surface area contributed by atoms with Gasteiger partial charge in [0.2, 0.25) is 0 Å². The van der Waals surface area contributed by atoms with Gasteiger partial charge in [0.1, 0.15) is 13.2 Å². The van der Waals surface area contributed by atoms with Crippen LogP contribution in [-0.4, -0.2) is 39.4 Å². The Labute approximate surface area is 120 Å². The van der Waals surface area contributed by atoms with Crippen molar-refractivity contribution in [3.8, 4) is 11.5 Å². The van der Waals surface area contributed by atoms with Crippen molar-refractivity contribution < 1.29 is 9.47 Å². The first-order valence-electron chi connectivity index (χ1n) is 7.70. The standard InChI is InChI=1S/C16H22N2O2/c1-2-14-15(20-10-9-19-14)11-13(1)18-8-5-16(12-18)3-6-17-7-4-16/h1-2,11,17H,3-10,12H2. The molecule has 4 nitrogen and oxygen atoms in total. The predicted molar refractivity (Wildman–Crippen MR) is 78.8 cm³/mol. The molecule has 3 heterocycles. The summed E-state index contributed by atoms with van der Waals surface area (Å²) in [5.41, 5.74) is 1.82. The molecule has 108 valence electrons. The van der Waals surface area contributed by atoms with E-state index in [4.69, 9.17) is 9.47 Å². The molecule has 0 aliphatic carbocycles. The van der Waals surface area contributed by atoms with Gasteiger partial charge in [0.25, 0.3) is 0 Å². The molecule has 0 radical (unpaired) electrons. The maximum atomic E-state index is 5.70. The van der Waals surface area contributed by atoms with Crippen molar-refractivity contribution in [2.75, 3.05) is 44.3 Å². The molecule has 3 aliphatic heterocycles. The Bertz CT molecular complexity index is 497. The van der Waals surface area contributed by atoms with Crippen LogP contribution in [0.5, 0.6) is 11.5 Å². The number of nitrogens with zero attached hydrogens (tertiary/aromatic N) is 1. The van der Waals surface area contributed by atoms with E-state index in [1.807, 2.05) is 0 Å². The number of hydrogen-bond donors (Lipinski definition) is 1. The van der Waals surface area contributed by atoms with Gasteiger partial charge in [-0.05, 0) is 49.9 Å². The molecule has 1 N–H and O–H groups in total. The molecule has 0 unspecified atom stereocenters. The van der Waals surface area contributed by atoms with E-state index in [0.717, 1.165) is 11.5 Å². The highest BCUT2D eigenvalue weighted by molar-refractivity contribution is 5.57. The zero-order valence-electron chi connectivity index (χ0n) is 11.9. The molecule has 2 fully saturated rings. The quantitative estimate of drug-likeness (QED) is 0.849. The second-order valence-electron chi connectivity index (χ2n) is 6.25. The van der Waals surface area contributed by atoms with Gasteiger partial charge in [-0.1, -0.05) is 0 Å². The first-order chi connectivity index (χ1) is 9.85. The fraction of sp³-hybridized carbons (Fsp3) is 0.625. The first-order valence-corrected chi connectivity index (χ1v) is 7.70. The van der Waals surface area contributed by atoms with Crippen LogP contribution in [0.1, 0.15) is 19.3 Å². The molecule has 1 aromatic rings. The zero-order valence-corrected chi connectivity index (χ0v) is 11.9. The number of fused-ring (bicyclic) bond motifs is 1. The van der Waals surface area contributed by atoms with Crippen LogP contribution < -0.4 is 19.7 Å². The largest absolute Gasteiger partial charge is 0.486 e. The maximum absolute atomic E-state index is 5.70. The number of ether oxygens (including phenoxy) is 2. The third-order valence-corrected chi connectivity index (χ3v) is 4.99. The van der Waals surface area contributed by atoms with E-state index in [-0.39, 0.29) is 0 Å². The fourth-order valence-electron chi connectivity index (χ4n) is 3.75. The van der Waals surface area contributed by atoms with Crippen molar-refractivity contribution in [3.63, 3.8) is 0 Å². The molecule has 1 aromatic carbocycles. The first kappa shape index (κ1) is 12.3. The molecule has 4 heteroatoms. The lowest BCUT2D eigenvalue weighted by molar-refractivity contribution is 0.171. The summed E-state index contributed by atoms with van der Waals surface area (Å²) in [6.45, 7) is 6.02. The summed E-state index contributed by atoms with van der Waals surface area (Å²) in [5, 5.41) is 3.48. The topological polar surface area (TPSA) is 33.7 Å². The zero-order chi connectivity index (χ0) is 13.4. The van der Waals surface area contributed by atoms with Gasteiger partial charge in [-0.3, -0.25) is 0 Å². The van der Waals surface area contributed by atoms with Crippen molar-refractivity contribution in [2.45, 2.75) is 19.3 Å². The van der Waals surface area contributed by atoms with Crippen molar-refractivity contribution >= 4 is 5.69 Å². The van der Waals surface area contributed by atoms with E-state index in [1.165, 1.54) is 51.1 Å². The number of piperidine rings is 1. The van der Waals surface area contributed by atoms with Crippen LogP contribution in [-0.2, 0) is 0 Å². The van der Waals surface area contributed by atoms with Gasteiger partial charge in [0.15, 0.2) is 11.5 Å². The smallest absolute Gasteiger partial charge is 0.163 e. The van der Waals surface area contributed by atoms with Crippen LogP contribution in [0.25, 0.3) is 0 Å². The molecule has 0 atom stereocenters. The van der Waals surface area contributed by atoms with E-state index in [2.05, 4.69) is 28.4 Å². The normalized spacial score (nSPS) is 24.1. The Balaban J connectivity index is 1.53. The van der Waals surface area contributed by atoms with Crippen LogP contribution in [0.2, 0.25) is 0 Å². The van der Waals surface area contributed by atoms with E-state index in [0.29, 0.717) is 18.6 Å². The van der Waals surface area contributed by atoms with E-state index in [9.17, 15) is 0 Å². The summed E-state index contributed by atoms with van der Waals surface area (Å²) in [6.07, 6.45) is 3.95. The molecule has 0 saturated carbocycles. The highest BCUT2D eigenvalue weighted by Gasteiger charge is 2.39. The van der Waals surface area contributed by atoms with Crippen molar-refractivity contribution in [2.24, 2.45) is 5.41 Å². The Kier molecular flexibility index (Phi) is 2.99. The lowest BCUT2D eigenvalue weighted by Gasteiger charge is -2.34. The van der Waals surface area contributed by atoms with Gasteiger partial charge in [-0.2, -0.15) is 0 Å². The van der Waals surface area contributed by atoms with E-state index < -0.39 is 0 Å². The Morgan fingerprint density at radius 1 is 1.00 bits per heavy atom. The van der Waals surface area contributed by atoms with E-state index in [1.54, 1.807) is 0 Å². The number of anilines is 1. The molecule has 0 aromatic heterocycles. The predicted octanol–water partition coefficient (Wildman–Crippen LogP) is 2.04. The summed E-state index contributed by atoms with van der Waals surface area (Å²) >= 11 is 0. The van der Waals surface area contributed by atoms with Gasteiger partial charge >= 0.3 is 0 Å². The minimum Gasteiger partial charge on any atom is -0.486 e. The number of rotatable bonds is 1. The molecule has 1 spiro atoms. The summed E-state index contributed by atoms with van der Waals surface area (Å²) < 4.78 is 11.3. The van der Waals surface area contributed by atoms with Gasteiger partial charge in [-0.15, -0.1) is 0 Å². The number of hydrogen-bond acceptors (Lipinski definition) is 4. The Morgan fingerprint density at radius 3 is 2.65 bits per heavy atom. The Morgan fingerprint density at radius 2 is 1.80 bits per heavy atom. The van der Waals surface area contributed by atoms with Crippen LogP contribution in [0.3, 0.4) is 0 Å². The van der Waals surface area contributed by atoms with Gasteiger partial charge < -0.3 is 19.7 Å². The molecular formula is C16H22N2O2. The van der Waals surface area contributed by atoms with Crippen molar-refractivity contribution in [3.05, 3.63) is 18.2 Å². The second kappa shape index (κ2) is 4.85. The third-order valence-electron chi connectivity index (χ3n) is 4.99. The van der Waals surface area contributed by atoms with Crippen LogP contribution in [0.15, 0.2) is 18.2 Å². The number of benzene rings is 1. The molecule has 3 aliphatic rings. The molecule has 2 saturated heterocycles. The highest BCUT2D eigenvalue weighted by Crippen LogP contribution is 2.42. The average molecular weight is 274 g/mol. The number of nitrogens with one attached hydrogen (secondary N) is 1. The van der Waals surface area contributed by atoms with Gasteiger partial charge in [0.05, 0.1) is 0 Å². The lowest BCUT2D eigenvalue weighted by atomic mass is 9.78. The molecule has 20 heavy (non-hydrogen) atoms. The summed E-state index contributed by atoms with van der Waals surface area (Å²) in [7, 11) is 0. The SMILES string of the molecule is c1cc2c(cc1N1CCC3(CCNCC3)C1)OCCO2. The average Bonchev–Trinajstić information content (AvgIpc) is 2.91. The van der Waals surface area contributed by atoms with Crippen molar-refractivity contribution in [1.29, 1.82) is 0 Å². The highest BCUT2D eigenvalue weighted by atomic mass is 16.6. The fourth-order valence-corrected chi connectivity index (χ4v) is 3.75. The second-order valence-corrected chi connectivity index (χ2v) is 6.25. The molecule has 4 rings (SSSR count). The van der Waals surface area contributed by atoms with Crippen molar-refractivity contribution in [1.82, 2.24) is 5.32 Å². The maximum Gasteiger partial charge on any atom is 0.163 e. The van der Waals surface area contributed by atoms with Crippen LogP contribution in [0.4, 0.5) is 5.69 Å². The minimum absolute atomic E-state index is 0.540. The van der Waals surface area contributed by atoms with Crippen LogP contribution >= 0.6 is 0 Å². The third kappa shape index (κ3) is 2.12. The van der Waals surface area contributed by atoms with Gasteiger partial charge in [0, 0.05) is 24.8 Å². The minimum atomic E-state index is 0.540. The summed E-state index contributed by atoms with van der Waals surface area (Å²) in [6, 6.07) is 6.37. The molecule has 0 amide bonds. The van der Waals surface area contributed by atoms with Crippen LogP contribution in [0, 0.1) is 5.41 Å². The van der Waals surface area contributed by atoms with E-state index >= 15 is 0 Å². The monoisotopic (exact) mass is 274 g/mol. The summed E-state index contributed by atoms with van der Waals surface area (Å²) in [5.74, 6) is 1.79. The summed E-state index contributed by atoms with van der Waals surface area (Å²) in [4.78, 5) is 2.52. The Hall–Kier alpha value is -1.42. The molecule has 0 bridgehead atoms.